The van der Waals surface area contributed by atoms with Gasteiger partial charge in [-0.05, 0) is 75.1 Å². The van der Waals surface area contributed by atoms with Crippen LogP contribution >= 0.6 is 0 Å². The highest BCUT2D eigenvalue weighted by Crippen LogP contribution is 2.53. The average molecular weight is 428 g/mol. The minimum atomic E-state index is -3.51. The van der Waals surface area contributed by atoms with Crippen molar-refractivity contribution in [3.05, 3.63) is 54.0 Å². The van der Waals surface area contributed by atoms with Gasteiger partial charge in [0.1, 0.15) is 11.4 Å². The number of rotatable bonds is 1. The molecule has 1 spiro atoms. The minimum absolute atomic E-state index is 0.297. The van der Waals surface area contributed by atoms with Crippen molar-refractivity contribution < 1.29 is 22.3 Å². The fraction of sp³-hybridized carbons (Fsp3) is 0.318. The molecule has 0 radical (unpaired) electrons. The number of carbonyl (C=O) groups is 1. The molecule has 1 fully saturated rings. The van der Waals surface area contributed by atoms with Gasteiger partial charge in [0.05, 0.1) is 16.0 Å². The van der Waals surface area contributed by atoms with Crippen LogP contribution in [0.3, 0.4) is 0 Å². The van der Waals surface area contributed by atoms with Gasteiger partial charge < -0.3 is 4.74 Å². The van der Waals surface area contributed by atoms with Crippen LogP contribution in [0, 0.1) is 5.82 Å². The summed E-state index contributed by atoms with van der Waals surface area (Å²) < 4.78 is 48.3. The van der Waals surface area contributed by atoms with E-state index in [9.17, 15) is 17.6 Å². The molecule has 156 valence electrons. The van der Waals surface area contributed by atoms with E-state index >= 15 is 0 Å². The van der Waals surface area contributed by atoms with E-state index in [1.807, 2.05) is 6.07 Å². The Morgan fingerprint density at radius 3 is 2.57 bits per heavy atom. The van der Waals surface area contributed by atoms with Crippen LogP contribution in [0.5, 0.6) is 0 Å². The monoisotopic (exact) mass is 428 g/mol. The highest BCUT2D eigenvalue weighted by atomic mass is 32.2. The van der Waals surface area contributed by atoms with Gasteiger partial charge in [0.2, 0.25) is 10.0 Å². The zero-order valence-corrected chi connectivity index (χ0v) is 17.6. The molecule has 0 unspecified atom stereocenters. The highest BCUT2D eigenvalue weighted by molar-refractivity contribution is 7.89. The second-order valence-electron chi connectivity index (χ2n) is 8.95. The van der Waals surface area contributed by atoms with Crippen molar-refractivity contribution >= 4 is 27.0 Å². The quantitative estimate of drug-likeness (QED) is 0.619. The van der Waals surface area contributed by atoms with E-state index < -0.39 is 33.1 Å². The summed E-state index contributed by atoms with van der Waals surface area (Å²) in [6, 6.07) is 9.43. The van der Waals surface area contributed by atoms with Crippen LogP contribution in [-0.2, 0) is 20.3 Å². The Morgan fingerprint density at radius 1 is 1.17 bits per heavy atom. The predicted octanol–water partition coefficient (Wildman–Crippen LogP) is 4.51. The molecule has 3 aromatic rings. The van der Waals surface area contributed by atoms with Crippen molar-refractivity contribution in [2.75, 3.05) is 0 Å². The molecule has 6 nitrogen and oxygen atoms in total. The van der Waals surface area contributed by atoms with Crippen LogP contribution in [0.1, 0.15) is 39.2 Å². The number of carbonyl (C=O) groups excluding carboxylic acids is 1. The number of fused-ring (bicyclic) bond motifs is 3. The van der Waals surface area contributed by atoms with Gasteiger partial charge in [0, 0.05) is 17.1 Å². The van der Waals surface area contributed by atoms with Crippen LogP contribution in [0.25, 0.3) is 22.0 Å². The molecule has 1 aliphatic carbocycles. The highest BCUT2D eigenvalue weighted by Gasteiger charge is 2.54. The van der Waals surface area contributed by atoms with Crippen molar-refractivity contribution in [2.45, 2.75) is 49.6 Å². The standard InChI is InChI=1S/C22H21FN2O4S/c1-21(2,3)29-20(26)25-12-16(15-6-5-14(23)11-18(15)25)13-4-7-19-17(10-13)22(8-9-22)24-30(19,27)28/h4-7,10-12,24H,8-9H2,1-3H3. The average Bonchev–Trinajstić information content (AvgIpc) is 3.24. The normalized spacial score (nSPS) is 18.5. The van der Waals surface area contributed by atoms with E-state index in [0.717, 1.165) is 24.0 Å². The zero-order valence-electron chi connectivity index (χ0n) is 16.8. The van der Waals surface area contributed by atoms with Crippen LogP contribution in [0.15, 0.2) is 47.5 Å². The van der Waals surface area contributed by atoms with Gasteiger partial charge in [-0.3, -0.25) is 4.57 Å². The maximum absolute atomic E-state index is 14.0. The Morgan fingerprint density at radius 2 is 1.90 bits per heavy atom. The molecule has 1 N–H and O–H groups in total. The maximum Gasteiger partial charge on any atom is 0.419 e. The molecule has 1 aromatic heterocycles. The molecule has 1 aliphatic heterocycles. The molecule has 8 heteroatoms. The minimum Gasteiger partial charge on any atom is -0.443 e. The van der Waals surface area contributed by atoms with Crippen LogP contribution < -0.4 is 4.72 Å². The Bertz CT molecular complexity index is 1330. The number of nitrogens with zero attached hydrogens (tertiary/aromatic N) is 1. The number of sulfonamides is 1. The van der Waals surface area contributed by atoms with Crippen molar-refractivity contribution in [3.63, 3.8) is 0 Å². The lowest BCUT2D eigenvalue weighted by Gasteiger charge is -2.19. The summed E-state index contributed by atoms with van der Waals surface area (Å²) in [5, 5.41) is 0.681. The molecular formula is C22H21FN2O4S. The largest absolute Gasteiger partial charge is 0.443 e. The fourth-order valence-electron chi connectivity index (χ4n) is 4.06. The third kappa shape index (κ3) is 2.94. The summed E-state index contributed by atoms with van der Waals surface area (Å²) in [5.41, 5.74) is 1.40. The lowest BCUT2D eigenvalue weighted by atomic mass is 9.98. The number of halogens is 1. The van der Waals surface area contributed by atoms with Crippen molar-refractivity contribution in [1.82, 2.24) is 9.29 Å². The van der Waals surface area contributed by atoms with Gasteiger partial charge >= 0.3 is 6.09 Å². The van der Waals surface area contributed by atoms with E-state index in [4.69, 9.17) is 4.74 Å². The van der Waals surface area contributed by atoms with Crippen LogP contribution in [0.2, 0.25) is 0 Å². The van der Waals surface area contributed by atoms with E-state index in [2.05, 4.69) is 4.72 Å². The van der Waals surface area contributed by atoms with E-state index in [1.54, 1.807) is 45.2 Å². The third-order valence-corrected chi connectivity index (χ3v) is 7.13. The summed E-state index contributed by atoms with van der Waals surface area (Å²) in [7, 11) is -3.51. The molecule has 1 saturated carbocycles. The number of ether oxygens (including phenoxy) is 1. The van der Waals surface area contributed by atoms with Crippen molar-refractivity contribution in [2.24, 2.45) is 0 Å². The predicted molar refractivity (Wildman–Crippen MR) is 110 cm³/mol. The molecule has 0 saturated heterocycles. The van der Waals surface area contributed by atoms with Gasteiger partial charge in [-0.1, -0.05) is 6.07 Å². The van der Waals surface area contributed by atoms with Gasteiger partial charge in [0.25, 0.3) is 0 Å². The lowest BCUT2D eigenvalue weighted by Crippen LogP contribution is -2.26. The summed E-state index contributed by atoms with van der Waals surface area (Å²) in [5.74, 6) is -0.460. The summed E-state index contributed by atoms with van der Waals surface area (Å²) in [6.45, 7) is 5.29. The molecular weight excluding hydrogens is 407 g/mol. The smallest absolute Gasteiger partial charge is 0.419 e. The third-order valence-electron chi connectivity index (χ3n) is 5.53. The van der Waals surface area contributed by atoms with Crippen LogP contribution in [-0.4, -0.2) is 24.7 Å². The second kappa shape index (κ2) is 5.92. The van der Waals surface area contributed by atoms with Crippen molar-refractivity contribution in [1.29, 1.82) is 0 Å². The number of aromatic nitrogens is 1. The van der Waals surface area contributed by atoms with Gasteiger partial charge in [-0.15, -0.1) is 0 Å². The van der Waals surface area contributed by atoms with Gasteiger partial charge in [-0.25, -0.2) is 22.3 Å². The first-order valence-electron chi connectivity index (χ1n) is 9.72. The topological polar surface area (TPSA) is 77.4 Å². The molecule has 2 aliphatic rings. The summed E-state index contributed by atoms with van der Waals surface area (Å²) in [6.07, 6.45) is 2.53. The molecule has 0 atom stereocenters. The SMILES string of the molecule is CC(C)(C)OC(=O)n1cc(-c2ccc3c(c2)C2(CC2)NS3(=O)=O)c2ccc(F)cc21. The Kier molecular flexibility index (Phi) is 3.80. The van der Waals surface area contributed by atoms with Crippen molar-refractivity contribution in [3.8, 4) is 11.1 Å². The maximum atomic E-state index is 14.0. The first-order valence-corrected chi connectivity index (χ1v) is 11.2. The first kappa shape index (κ1) is 19.3. The number of hydrogen-bond acceptors (Lipinski definition) is 4. The molecule has 30 heavy (non-hydrogen) atoms. The number of nitrogens with one attached hydrogen (secondary N) is 1. The van der Waals surface area contributed by atoms with E-state index in [-0.39, 0.29) is 0 Å². The Hall–Kier alpha value is -2.71. The molecule has 2 aromatic carbocycles. The Labute approximate surface area is 173 Å². The van der Waals surface area contributed by atoms with E-state index in [1.165, 1.54) is 16.7 Å². The molecule has 2 heterocycles. The molecule has 0 amide bonds. The van der Waals surface area contributed by atoms with E-state index in [0.29, 0.717) is 21.4 Å². The molecule has 0 bridgehead atoms. The number of hydrogen-bond donors (Lipinski definition) is 1. The summed E-state index contributed by atoms with van der Waals surface area (Å²) in [4.78, 5) is 13.0. The second-order valence-corrected chi connectivity index (χ2v) is 10.6. The van der Waals surface area contributed by atoms with Gasteiger partial charge in [-0.2, -0.15) is 0 Å². The molecule has 5 rings (SSSR count). The lowest BCUT2D eigenvalue weighted by molar-refractivity contribution is 0.0544. The summed E-state index contributed by atoms with van der Waals surface area (Å²) >= 11 is 0. The first-order chi connectivity index (χ1) is 14.0. The Balaban J connectivity index is 1.69. The van der Waals surface area contributed by atoms with Gasteiger partial charge in [0.15, 0.2) is 0 Å². The zero-order chi connectivity index (χ0) is 21.5. The number of benzene rings is 2. The fourth-order valence-corrected chi connectivity index (χ4v) is 5.79. The van der Waals surface area contributed by atoms with Crippen LogP contribution in [0.4, 0.5) is 9.18 Å².